The molecular weight excluding hydrogens is 410 g/mol. The predicted octanol–water partition coefficient (Wildman–Crippen LogP) is 5.50. The molecule has 0 aliphatic heterocycles. The van der Waals surface area contributed by atoms with E-state index in [0.29, 0.717) is 24.7 Å². The monoisotopic (exact) mass is 441 g/mol. The number of nitro groups is 1. The summed E-state index contributed by atoms with van der Waals surface area (Å²) in [6.07, 6.45) is 8.70. The molecular formula is C24H31N3O5. The van der Waals surface area contributed by atoms with Gasteiger partial charge >= 0.3 is 0 Å². The Labute approximate surface area is 188 Å². The number of carbonyl (C=O) groups is 1. The lowest BCUT2D eigenvalue weighted by atomic mass is 10.1. The molecule has 0 fully saturated rings. The summed E-state index contributed by atoms with van der Waals surface area (Å²) in [5.41, 5.74) is 3.36. The van der Waals surface area contributed by atoms with Crippen LogP contribution in [-0.2, 0) is 0 Å². The minimum Gasteiger partial charge on any atom is -0.490 e. The van der Waals surface area contributed by atoms with Crippen LogP contribution in [0.2, 0.25) is 0 Å². The molecule has 0 saturated carbocycles. The van der Waals surface area contributed by atoms with Crippen molar-refractivity contribution in [2.75, 3.05) is 13.2 Å². The van der Waals surface area contributed by atoms with Crippen molar-refractivity contribution in [2.24, 2.45) is 5.10 Å². The fraction of sp³-hybridized carbons (Fsp3) is 0.417. The zero-order valence-corrected chi connectivity index (χ0v) is 18.7. The highest BCUT2D eigenvalue weighted by Gasteiger charge is 2.09. The Morgan fingerprint density at radius 3 is 2.41 bits per heavy atom. The van der Waals surface area contributed by atoms with Crippen LogP contribution >= 0.6 is 0 Å². The van der Waals surface area contributed by atoms with Crippen molar-refractivity contribution in [2.45, 2.75) is 52.4 Å². The number of hydrazone groups is 1. The normalized spacial score (nSPS) is 10.8. The zero-order chi connectivity index (χ0) is 23.2. The standard InChI is InChI=1S/C24H31N3O5/c1-3-5-6-7-8-9-16-32-22-15-10-19(17-23(22)31-4-2)18-25-26-24(28)20-11-13-21(14-12-20)27(29)30/h10-15,17-18H,3-9,16H2,1-2H3,(H,26,28)/b25-18+. The van der Waals surface area contributed by atoms with Crippen LogP contribution in [0.5, 0.6) is 11.5 Å². The lowest BCUT2D eigenvalue weighted by Crippen LogP contribution is -2.17. The Morgan fingerprint density at radius 1 is 1.00 bits per heavy atom. The van der Waals surface area contributed by atoms with Crippen LogP contribution in [0.15, 0.2) is 47.6 Å². The van der Waals surface area contributed by atoms with Crippen LogP contribution in [0.1, 0.15) is 68.3 Å². The number of nitro benzene ring substituents is 1. The van der Waals surface area contributed by atoms with Gasteiger partial charge in [0.05, 0.1) is 24.4 Å². The first-order valence-corrected chi connectivity index (χ1v) is 11.0. The van der Waals surface area contributed by atoms with Crippen LogP contribution < -0.4 is 14.9 Å². The summed E-state index contributed by atoms with van der Waals surface area (Å²) in [6, 6.07) is 10.8. The van der Waals surface area contributed by atoms with E-state index >= 15 is 0 Å². The van der Waals surface area contributed by atoms with Gasteiger partial charge in [-0.1, -0.05) is 39.0 Å². The SMILES string of the molecule is CCCCCCCCOc1ccc(/C=N/NC(=O)c2ccc([N+](=O)[O-])cc2)cc1OCC. The lowest BCUT2D eigenvalue weighted by Gasteiger charge is -2.12. The second kappa shape index (κ2) is 13.8. The summed E-state index contributed by atoms with van der Waals surface area (Å²) in [5.74, 6) is 0.858. The number of hydrogen-bond donors (Lipinski definition) is 1. The quantitative estimate of drug-likeness (QED) is 0.180. The van der Waals surface area contributed by atoms with E-state index in [1.54, 1.807) is 0 Å². The average Bonchev–Trinajstić information content (AvgIpc) is 2.79. The molecule has 0 heterocycles. The van der Waals surface area contributed by atoms with E-state index in [9.17, 15) is 14.9 Å². The van der Waals surface area contributed by atoms with Crippen molar-refractivity contribution < 1.29 is 19.2 Å². The molecule has 1 N–H and O–H groups in total. The minimum atomic E-state index is -0.517. The molecule has 2 rings (SSSR count). The molecule has 2 aromatic rings. The molecule has 8 nitrogen and oxygen atoms in total. The van der Waals surface area contributed by atoms with Gasteiger partial charge in [0.2, 0.25) is 0 Å². The van der Waals surface area contributed by atoms with Gasteiger partial charge in [0.25, 0.3) is 11.6 Å². The highest BCUT2D eigenvalue weighted by atomic mass is 16.6. The number of rotatable bonds is 14. The molecule has 2 aromatic carbocycles. The smallest absolute Gasteiger partial charge is 0.271 e. The summed E-state index contributed by atoms with van der Waals surface area (Å²) in [4.78, 5) is 22.3. The van der Waals surface area contributed by atoms with E-state index in [1.165, 1.54) is 56.2 Å². The maximum atomic E-state index is 12.1. The van der Waals surface area contributed by atoms with E-state index in [4.69, 9.17) is 9.47 Å². The van der Waals surface area contributed by atoms with E-state index in [2.05, 4.69) is 17.5 Å². The van der Waals surface area contributed by atoms with Crippen molar-refractivity contribution in [3.05, 3.63) is 63.7 Å². The Bertz CT molecular complexity index is 897. The topological polar surface area (TPSA) is 103 Å². The molecule has 0 bridgehead atoms. The van der Waals surface area contributed by atoms with Crippen molar-refractivity contribution in [3.63, 3.8) is 0 Å². The molecule has 8 heteroatoms. The van der Waals surface area contributed by atoms with E-state index in [0.717, 1.165) is 18.4 Å². The number of nitrogens with one attached hydrogen (secondary N) is 1. The van der Waals surface area contributed by atoms with Crippen molar-refractivity contribution in [3.8, 4) is 11.5 Å². The largest absolute Gasteiger partial charge is 0.490 e. The van der Waals surface area contributed by atoms with Crippen LogP contribution in [-0.4, -0.2) is 30.3 Å². The third kappa shape index (κ3) is 8.37. The van der Waals surface area contributed by atoms with E-state index in [1.807, 2.05) is 25.1 Å². The molecule has 0 radical (unpaired) electrons. The van der Waals surface area contributed by atoms with Crippen LogP contribution in [0.4, 0.5) is 5.69 Å². The summed E-state index contributed by atoms with van der Waals surface area (Å²) in [5, 5.41) is 14.7. The van der Waals surface area contributed by atoms with Crippen molar-refractivity contribution >= 4 is 17.8 Å². The van der Waals surface area contributed by atoms with Crippen LogP contribution in [0.3, 0.4) is 0 Å². The van der Waals surface area contributed by atoms with Gasteiger partial charge in [-0.05, 0) is 49.2 Å². The number of amides is 1. The fourth-order valence-corrected chi connectivity index (χ4v) is 3.02. The summed E-state index contributed by atoms with van der Waals surface area (Å²) < 4.78 is 11.6. The van der Waals surface area contributed by atoms with Crippen LogP contribution in [0.25, 0.3) is 0 Å². The van der Waals surface area contributed by atoms with Gasteiger partial charge in [0.15, 0.2) is 11.5 Å². The molecule has 0 spiro atoms. The molecule has 0 unspecified atom stereocenters. The first-order chi connectivity index (χ1) is 15.5. The summed E-state index contributed by atoms with van der Waals surface area (Å²) >= 11 is 0. The first kappa shape index (κ1) is 24.8. The lowest BCUT2D eigenvalue weighted by molar-refractivity contribution is -0.384. The Hall–Kier alpha value is -3.42. The number of non-ortho nitro benzene ring substituents is 1. The molecule has 0 aromatic heterocycles. The molecule has 0 aliphatic carbocycles. The van der Waals surface area contributed by atoms with Crippen molar-refractivity contribution in [1.82, 2.24) is 5.43 Å². The van der Waals surface area contributed by atoms with Gasteiger partial charge in [-0.2, -0.15) is 5.10 Å². The Kier molecular flexibility index (Phi) is 10.7. The third-order valence-electron chi connectivity index (χ3n) is 4.74. The Morgan fingerprint density at radius 2 is 1.72 bits per heavy atom. The van der Waals surface area contributed by atoms with Gasteiger partial charge in [-0.25, -0.2) is 5.43 Å². The number of carbonyl (C=O) groups excluding carboxylic acids is 1. The minimum absolute atomic E-state index is 0.0766. The molecule has 172 valence electrons. The van der Waals surface area contributed by atoms with Gasteiger partial charge < -0.3 is 9.47 Å². The summed E-state index contributed by atoms with van der Waals surface area (Å²) in [6.45, 7) is 5.26. The molecule has 32 heavy (non-hydrogen) atoms. The van der Waals surface area contributed by atoms with E-state index < -0.39 is 10.8 Å². The second-order valence-electron chi connectivity index (χ2n) is 7.26. The number of unbranched alkanes of at least 4 members (excludes halogenated alkanes) is 5. The number of benzene rings is 2. The van der Waals surface area contributed by atoms with Gasteiger partial charge in [0, 0.05) is 17.7 Å². The average molecular weight is 442 g/mol. The highest BCUT2D eigenvalue weighted by molar-refractivity contribution is 5.95. The maximum Gasteiger partial charge on any atom is 0.271 e. The predicted molar refractivity (Wildman–Crippen MR) is 125 cm³/mol. The molecule has 1 amide bonds. The number of hydrogen-bond acceptors (Lipinski definition) is 6. The fourth-order valence-electron chi connectivity index (χ4n) is 3.02. The van der Waals surface area contributed by atoms with Gasteiger partial charge in [0.1, 0.15) is 0 Å². The Balaban J connectivity index is 1.89. The van der Waals surface area contributed by atoms with Crippen LogP contribution in [0, 0.1) is 10.1 Å². The zero-order valence-electron chi connectivity index (χ0n) is 18.7. The number of nitrogens with zero attached hydrogens (tertiary/aromatic N) is 2. The molecule has 0 atom stereocenters. The van der Waals surface area contributed by atoms with E-state index in [-0.39, 0.29) is 11.3 Å². The number of ether oxygens (including phenoxy) is 2. The maximum absolute atomic E-state index is 12.1. The first-order valence-electron chi connectivity index (χ1n) is 11.0. The highest BCUT2D eigenvalue weighted by Crippen LogP contribution is 2.28. The van der Waals surface area contributed by atoms with Gasteiger partial charge in [-0.15, -0.1) is 0 Å². The molecule has 0 saturated heterocycles. The van der Waals surface area contributed by atoms with Crippen molar-refractivity contribution in [1.29, 1.82) is 0 Å². The van der Waals surface area contributed by atoms with Gasteiger partial charge in [-0.3, -0.25) is 14.9 Å². The third-order valence-corrected chi connectivity index (χ3v) is 4.74. The molecule has 0 aliphatic rings. The second-order valence-corrected chi connectivity index (χ2v) is 7.26. The summed E-state index contributed by atoms with van der Waals surface area (Å²) in [7, 11) is 0.